The first-order chi connectivity index (χ1) is 15.4. The Bertz CT molecular complexity index is 903. The lowest BCUT2D eigenvalue weighted by molar-refractivity contribution is -0.142. The Labute approximate surface area is 192 Å². The van der Waals surface area contributed by atoms with Gasteiger partial charge in [0, 0.05) is 23.5 Å². The number of hydrogen-bond acceptors (Lipinski definition) is 6. The molecule has 9 nitrogen and oxygen atoms in total. The first-order valence-electron chi connectivity index (χ1n) is 10.7. The van der Waals surface area contributed by atoms with Crippen LogP contribution in [0.5, 0.6) is 0 Å². The number of thioether (sulfide) groups is 1. The molecule has 1 aromatic heterocycles. The van der Waals surface area contributed by atoms with E-state index >= 15 is 0 Å². The van der Waals surface area contributed by atoms with Crippen LogP contribution < -0.4 is 22.1 Å². The Balaban J connectivity index is 2.09. The fraction of sp³-hybridized carbons (Fsp3) is 0.500. The number of carbonyl (C=O) groups excluding carboxylic acids is 2. The number of fused-ring (bicyclic) bond motifs is 1. The molecule has 0 radical (unpaired) electrons. The topological polar surface area (TPSA) is 163 Å². The lowest BCUT2D eigenvalue weighted by Gasteiger charge is -2.23. The van der Waals surface area contributed by atoms with Crippen LogP contribution in [0.2, 0.25) is 0 Å². The summed E-state index contributed by atoms with van der Waals surface area (Å²) in [5, 5.41) is 15.9. The summed E-state index contributed by atoms with van der Waals surface area (Å²) in [6, 6.07) is 4.81. The molecule has 3 atom stereocenters. The molecule has 0 bridgehead atoms. The number of aromatic nitrogens is 1. The van der Waals surface area contributed by atoms with Crippen LogP contribution in [0.15, 0.2) is 30.5 Å². The standard InChI is InChI=1S/C22H33N5O4S/c1-32-11-9-16(24)20(28)26-18(8-4-5-10-23)21(29)27-19(22(30)31)12-14-13-25-17-7-3-2-6-15(14)17/h2-3,6-7,13,16,18-19,25H,4-5,8-12,23-24H2,1H3,(H,26,28)(H,27,29)(H,30,31). The van der Waals surface area contributed by atoms with Crippen molar-refractivity contribution in [2.45, 2.75) is 50.2 Å². The molecule has 2 amide bonds. The van der Waals surface area contributed by atoms with Crippen molar-refractivity contribution in [2.24, 2.45) is 11.5 Å². The number of H-pyrrole nitrogens is 1. The predicted molar refractivity (Wildman–Crippen MR) is 127 cm³/mol. The van der Waals surface area contributed by atoms with Crippen molar-refractivity contribution in [3.63, 3.8) is 0 Å². The van der Waals surface area contributed by atoms with E-state index in [1.807, 2.05) is 30.5 Å². The lowest BCUT2D eigenvalue weighted by atomic mass is 10.0. The summed E-state index contributed by atoms with van der Waals surface area (Å²) in [7, 11) is 0. The Hall–Kier alpha value is -2.56. The average Bonchev–Trinajstić information content (AvgIpc) is 3.19. The first kappa shape index (κ1) is 25.7. The average molecular weight is 464 g/mol. The van der Waals surface area contributed by atoms with Gasteiger partial charge in [-0.05, 0) is 55.9 Å². The Morgan fingerprint density at radius 1 is 1.09 bits per heavy atom. The number of nitrogens with two attached hydrogens (primary N) is 2. The van der Waals surface area contributed by atoms with Crippen LogP contribution in [-0.2, 0) is 20.8 Å². The maximum atomic E-state index is 12.9. The summed E-state index contributed by atoms with van der Waals surface area (Å²) in [5.41, 5.74) is 13.2. The van der Waals surface area contributed by atoms with Crippen LogP contribution in [-0.4, -0.2) is 64.6 Å². The summed E-state index contributed by atoms with van der Waals surface area (Å²) in [6.45, 7) is 0.466. The number of aliphatic carboxylic acids is 1. The molecule has 0 spiro atoms. The molecule has 0 saturated carbocycles. The number of rotatable bonds is 14. The molecule has 0 aliphatic carbocycles. The van der Waals surface area contributed by atoms with Crippen LogP contribution in [0.1, 0.15) is 31.2 Å². The summed E-state index contributed by atoms with van der Waals surface area (Å²) < 4.78 is 0. The molecule has 0 aliphatic rings. The number of carboxylic acid groups (broad SMARTS) is 1. The first-order valence-corrected chi connectivity index (χ1v) is 12.1. The minimum atomic E-state index is -1.15. The SMILES string of the molecule is CSCCC(N)C(=O)NC(CCCCN)C(=O)NC(Cc1c[nH]c2ccccc12)C(=O)O. The number of benzene rings is 1. The number of para-hydroxylation sites is 1. The largest absolute Gasteiger partial charge is 0.480 e. The van der Waals surface area contributed by atoms with Gasteiger partial charge in [-0.25, -0.2) is 4.79 Å². The van der Waals surface area contributed by atoms with Gasteiger partial charge in [0.25, 0.3) is 0 Å². The molecule has 0 aliphatic heterocycles. The van der Waals surface area contributed by atoms with E-state index in [0.29, 0.717) is 32.2 Å². The van der Waals surface area contributed by atoms with Gasteiger partial charge in [0.1, 0.15) is 12.1 Å². The van der Waals surface area contributed by atoms with Crippen LogP contribution in [0.4, 0.5) is 0 Å². The molecule has 2 rings (SSSR count). The summed E-state index contributed by atoms with van der Waals surface area (Å²) in [6.07, 6.45) is 5.93. The Kier molecular flexibility index (Phi) is 10.5. The number of nitrogens with one attached hydrogen (secondary N) is 3. The van der Waals surface area contributed by atoms with E-state index in [1.54, 1.807) is 18.0 Å². The van der Waals surface area contributed by atoms with E-state index in [9.17, 15) is 19.5 Å². The second kappa shape index (κ2) is 13.1. The van der Waals surface area contributed by atoms with Crippen molar-refractivity contribution >= 4 is 40.4 Å². The highest BCUT2D eigenvalue weighted by atomic mass is 32.2. The summed E-state index contributed by atoms with van der Waals surface area (Å²) in [4.78, 5) is 40.4. The van der Waals surface area contributed by atoms with Gasteiger partial charge >= 0.3 is 5.97 Å². The van der Waals surface area contributed by atoms with E-state index in [-0.39, 0.29) is 6.42 Å². The number of amides is 2. The van der Waals surface area contributed by atoms with Gasteiger partial charge in [-0.3, -0.25) is 9.59 Å². The minimum absolute atomic E-state index is 0.113. The molecule has 2 aromatic rings. The molecular weight excluding hydrogens is 430 g/mol. The van der Waals surface area contributed by atoms with Gasteiger partial charge < -0.3 is 32.2 Å². The molecule has 3 unspecified atom stereocenters. The van der Waals surface area contributed by atoms with Crippen LogP contribution >= 0.6 is 11.8 Å². The van der Waals surface area contributed by atoms with Gasteiger partial charge in [-0.15, -0.1) is 0 Å². The number of hydrogen-bond donors (Lipinski definition) is 6. The van der Waals surface area contributed by atoms with Gasteiger partial charge in [-0.1, -0.05) is 18.2 Å². The van der Waals surface area contributed by atoms with E-state index in [0.717, 1.165) is 22.2 Å². The highest BCUT2D eigenvalue weighted by molar-refractivity contribution is 7.98. The van der Waals surface area contributed by atoms with Gasteiger partial charge in [0.2, 0.25) is 11.8 Å². The second-order valence-electron chi connectivity index (χ2n) is 7.70. The van der Waals surface area contributed by atoms with E-state index in [1.165, 1.54) is 0 Å². The minimum Gasteiger partial charge on any atom is -0.480 e. The molecule has 1 heterocycles. The van der Waals surface area contributed by atoms with E-state index in [4.69, 9.17) is 11.5 Å². The fourth-order valence-electron chi connectivity index (χ4n) is 3.41. The molecule has 8 N–H and O–H groups in total. The predicted octanol–water partition coefficient (Wildman–Crippen LogP) is 0.974. The maximum Gasteiger partial charge on any atom is 0.326 e. The highest BCUT2D eigenvalue weighted by Crippen LogP contribution is 2.19. The van der Waals surface area contributed by atoms with Crippen molar-refractivity contribution in [3.8, 4) is 0 Å². The number of unbranched alkanes of at least 4 members (excludes halogenated alkanes) is 1. The van der Waals surface area contributed by atoms with E-state index < -0.39 is 35.9 Å². The number of aromatic amines is 1. The number of carboxylic acids is 1. The second-order valence-corrected chi connectivity index (χ2v) is 8.68. The quantitative estimate of drug-likeness (QED) is 0.227. The third-order valence-electron chi connectivity index (χ3n) is 5.26. The van der Waals surface area contributed by atoms with Gasteiger partial charge in [-0.2, -0.15) is 11.8 Å². The third-order valence-corrected chi connectivity index (χ3v) is 5.91. The lowest BCUT2D eigenvalue weighted by Crippen LogP contribution is -2.54. The summed E-state index contributed by atoms with van der Waals surface area (Å²) in [5.74, 6) is -1.38. The molecule has 32 heavy (non-hydrogen) atoms. The highest BCUT2D eigenvalue weighted by Gasteiger charge is 2.28. The van der Waals surface area contributed by atoms with Crippen LogP contribution in [0.25, 0.3) is 10.9 Å². The number of carbonyl (C=O) groups is 3. The molecular formula is C22H33N5O4S. The van der Waals surface area contributed by atoms with Crippen molar-refractivity contribution in [3.05, 3.63) is 36.0 Å². The molecule has 0 fully saturated rings. The normalized spacial score (nSPS) is 14.0. The Morgan fingerprint density at radius 2 is 1.81 bits per heavy atom. The van der Waals surface area contributed by atoms with Crippen molar-refractivity contribution in [1.29, 1.82) is 0 Å². The smallest absolute Gasteiger partial charge is 0.326 e. The zero-order valence-electron chi connectivity index (χ0n) is 18.3. The van der Waals surface area contributed by atoms with Gasteiger partial charge in [0.05, 0.1) is 6.04 Å². The van der Waals surface area contributed by atoms with Crippen molar-refractivity contribution in [1.82, 2.24) is 15.6 Å². The molecule has 176 valence electrons. The monoisotopic (exact) mass is 463 g/mol. The van der Waals surface area contributed by atoms with Crippen LogP contribution in [0, 0.1) is 0 Å². The molecule has 1 aromatic carbocycles. The van der Waals surface area contributed by atoms with Crippen LogP contribution in [0.3, 0.4) is 0 Å². The molecule has 10 heteroatoms. The van der Waals surface area contributed by atoms with E-state index in [2.05, 4.69) is 15.6 Å². The Morgan fingerprint density at radius 3 is 2.50 bits per heavy atom. The van der Waals surface area contributed by atoms with Crippen molar-refractivity contribution in [2.75, 3.05) is 18.6 Å². The zero-order valence-corrected chi connectivity index (χ0v) is 19.1. The molecule has 0 saturated heterocycles. The third kappa shape index (κ3) is 7.54. The fourth-order valence-corrected chi connectivity index (χ4v) is 3.90. The van der Waals surface area contributed by atoms with Crippen molar-refractivity contribution < 1.29 is 19.5 Å². The summed E-state index contributed by atoms with van der Waals surface area (Å²) >= 11 is 1.58. The van der Waals surface area contributed by atoms with Gasteiger partial charge in [0.15, 0.2) is 0 Å². The maximum absolute atomic E-state index is 12.9. The zero-order chi connectivity index (χ0) is 23.5.